The number of carbonyl (C=O) groups excluding carboxylic acids is 1. The lowest BCUT2D eigenvalue weighted by Crippen LogP contribution is -2.48. The maximum atomic E-state index is 13.4. The van der Waals surface area contributed by atoms with Crippen LogP contribution in [-0.2, 0) is 9.53 Å². The van der Waals surface area contributed by atoms with Gasteiger partial charge in [-0.3, -0.25) is 9.78 Å². The third-order valence-corrected chi connectivity index (χ3v) is 5.39. The predicted molar refractivity (Wildman–Crippen MR) is 113 cm³/mol. The van der Waals surface area contributed by atoms with Crippen LogP contribution >= 0.6 is 0 Å². The van der Waals surface area contributed by atoms with Gasteiger partial charge < -0.3 is 14.8 Å². The van der Waals surface area contributed by atoms with Gasteiger partial charge in [0, 0.05) is 18.2 Å². The van der Waals surface area contributed by atoms with Crippen LogP contribution in [0.5, 0.6) is 5.75 Å². The summed E-state index contributed by atoms with van der Waals surface area (Å²) in [5, 5.41) is 4.04. The van der Waals surface area contributed by atoms with Gasteiger partial charge in [0.1, 0.15) is 16.9 Å². The molecule has 1 aliphatic carbocycles. The Labute approximate surface area is 167 Å². The summed E-state index contributed by atoms with van der Waals surface area (Å²) in [6, 6.07) is 7.66. The van der Waals surface area contributed by atoms with Gasteiger partial charge in [-0.1, -0.05) is 27.2 Å². The molecule has 5 nitrogen and oxygen atoms in total. The molecule has 3 rings (SSSR count). The zero-order valence-electron chi connectivity index (χ0n) is 17.3. The molecular formula is C23H32N2O3. The van der Waals surface area contributed by atoms with E-state index >= 15 is 0 Å². The largest absolute Gasteiger partial charge is 0.491 e. The van der Waals surface area contributed by atoms with Gasteiger partial charge in [-0.2, -0.15) is 0 Å². The lowest BCUT2D eigenvalue weighted by Gasteiger charge is -2.38. The highest BCUT2D eigenvalue weighted by Gasteiger charge is 2.42. The molecule has 0 spiro atoms. The molecule has 0 radical (unpaired) electrons. The van der Waals surface area contributed by atoms with Crippen molar-refractivity contribution in [1.82, 2.24) is 4.98 Å². The molecule has 152 valence electrons. The van der Waals surface area contributed by atoms with Crippen LogP contribution in [0.25, 0.3) is 10.9 Å². The monoisotopic (exact) mass is 384 g/mol. The molecule has 0 unspecified atom stereocenters. The zero-order chi connectivity index (χ0) is 20.0. The van der Waals surface area contributed by atoms with Gasteiger partial charge in [0.2, 0.25) is 0 Å². The molecule has 1 saturated carbocycles. The van der Waals surface area contributed by atoms with Crippen LogP contribution in [0.4, 0.5) is 5.69 Å². The summed E-state index contributed by atoms with van der Waals surface area (Å²) in [6.45, 7) is 7.60. The molecule has 2 atom stereocenters. The molecule has 5 heteroatoms. The summed E-state index contributed by atoms with van der Waals surface area (Å²) in [5.74, 6) is 1.19. The number of amides is 1. The highest BCUT2D eigenvalue weighted by molar-refractivity contribution is 6.05. The number of pyridine rings is 1. The number of rotatable bonds is 8. The Morgan fingerprint density at radius 3 is 2.82 bits per heavy atom. The maximum Gasteiger partial charge on any atom is 0.256 e. The quantitative estimate of drug-likeness (QED) is 0.667. The Morgan fingerprint density at radius 2 is 2.07 bits per heavy atom. The van der Waals surface area contributed by atoms with E-state index in [-0.39, 0.29) is 5.91 Å². The summed E-state index contributed by atoms with van der Waals surface area (Å²) in [4.78, 5) is 17.8. The minimum atomic E-state index is -0.737. The number of ether oxygens (including phenoxy) is 2. The van der Waals surface area contributed by atoms with Crippen molar-refractivity contribution in [2.24, 2.45) is 5.92 Å². The second-order valence-electron chi connectivity index (χ2n) is 7.86. The van der Waals surface area contributed by atoms with E-state index in [0.717, 1.165) is 60.9 Å². The molecule has 1 N–H and O–H groups in total. The second-order valence-corrected chi connectivity index (χ2v) is 7.86. The number of nitrogens with zero attached hydrogens (tertiary/aromatic N) is 1. The molecule has 1 aromatic heterocycles. The van der Waals surface area contributed by atoms with Crippen LogP contribution < -0.4 is 10.1 Å². The van der Waals surface area contributed by atoms with Crippen molar-refractivity contribution < 1.29 is 14.3 Å². The van der Waals surface area contributed by atoms with Crippen LogP contribution in [0.3, 0.4) is 0 Å². The Bertz CT molecular complexity index is 808. The molecular weight excluding hydrogens is 352 g/mol. The van der Waals surface area contributed by atoms with Crippen molar-refractivity contribution in [2.75, 3.05) is 18.5 Å². The van der Waals surface area contributed by atoms with Gasteiger partial charge in [0.25, 0.3) is 5.91 Å². The highest BCUT2D eigenvalue weighted by Crippen LogP contribution is 2.37. The van der Waals surface area contributed by atoms with Gasteiger partial charge in [0.05, 0.1) is 12.3 Å². The molecule has 1 amide bonds. The molecule has 1 fully saturated rings. The number of fused-ring (bicyclic) bond motifs is 1. The highest BCUT2D eigenvalue weighted by atomic mass is 16.5. The van der Waals surface area contributed by atoms with Gasteiger partial charge >= 0.3 is 0 Å². The normalized spacial score (nSPS) is 22.2. The number of hydrogen-bond donors (Lipinski definition) is 1. The van der Waals surface area contributed by atoms with E-state index in [1.54, 1.807) is 6.20 Å². The number of benzene rings is 1. The summed E-state index contributed by atoms with van der Waals surface area (Å²) in [6.07, 6.45) is 7.30. The second kappa shape index (κ2) is 9.37. The molecule has 0 saturated heterocycles. The van der Waals surface area contributed by atoms with Crippen LogP contribution in [0.1, 0.15) is 59.3 Å². The van der Waals surface area contributed by atoms with Crippen molar-refractivity contribution >= 4 is 22.5 Å². The number of hydrogen-bond acceptors (Lipinski definition) is 4. The molecule has 28 heavy (non-hydrogen) atoms. The molecule has 0 bridgehead atoms. The number of anilines is 1. The van der Waals surface area contributed by atoms with Crippen molar-refractivity contribution in [1.29, 1.82) is 0 Å². The zero-order valence-corrected chi connectivity index (χ0v) is 17.3. The summed E-state index contributed by atoms with van der Waals surface area (Å²) >= 11 is 0. The lowest BCUT2D eigenvalue weighted by atomic mass is 9.78. The molecule has 1 heterocycles. The minimum absolute atomic E-state index is 0.0418. The van der Waals surface area contributed by atoms with Crippen LogP contribution in [0.2, 0.25) is 0 Å². The van der Waals surface area contributed by atoms with E-state index in [1.807, 2.05) is 24.3 Å². The van der Waals surface area contributed by atoms with Crippen molar-refractivity contribution in [3.05, 3.63) is 30.5 Å². The number of carbonyl (C=O) groups is 1. The maximum absolute atomic E-state index is 13.4. The van der Waals surface area contributed by atoms with Gasteiger partial charge in [-0.05, 0) is 62.3 Å². The smallest absolute Gasteiger partial charge is 0.256 e. The SMILES string of the molecule is CCCOc1ccc(NC(=O)[C@]2(OCCC)CCC[C@@H](C)C2)c2cccnc12. The first-order valence-electron chi connectivity index (χ1n) is 10.6. The summed E-state index contributed by atoms with van der Waals surface area (Å²) in [5.41, 5.74) is 0.795. The van der Waals surface area contributed by atoms with Crippen LogP contribution in [0.15, 0.2) is 30.5 Å². The minimum Gasteiger partial charge on any atom is -0.491 e. The average Bonchev–Trinajstić information content (AvgIpc) is 2.71. The van der Waals surface area contributed by atoms with Crippen molar-refractivity contribution in [3.8, 4) is 5.75 Å². The fraction of sp³-hybridized carbons (Fsp3) is 0.565. The topological polar surface area (TPSA) is 60.5 Å². The van der Waals surface area contributed by atoms with Crippen LogP contribution in [-0.4, -0.2) is 29.7 Å². The fourth-order valence-corrected chi connectivity index (χ4v) is 4.02. The first-order valence-corrected chi connectivity index (χ1v) is 10.6. The summed E-state index contributed by atoms with van der Waals surface area (Å²) < 4.78 is 12.0. The van der Waals surface area contributed by atoms with Gasteiger partial charge in [-0.15, -0.1) is 0 Å². The Morgan fingerprint density at radius 1 is 1.25 bits per heavy atom. The number of nitrogens with one attached hydrogen (secondary N) is 1. The summed E-state index contributed by atoms with van der Waals surface area (Å²) in [7, 11) is 0. The van der Waals surface area contributed by atoms with E-state index < -0.39 is 5.60 Å². The third-order valence-electron chi connectivity index (χ3n) is 5.39. The van der Waals surface area contributed by atoms with Gasteiger partial charge in [-0.25, -0.2) is 0 Å². The Balaban J connectivity index is 1.89. The van der Waals surface area contributed by atoms with E-state index in [2.05, 4.69) is 31.1 Å². The standard InChI is InChI=1S/C23H32N2O3/c1-4-14-27-20-11-10-19(18-9-7-13-24-21(18)20)25-22(26)23(28-15-5-2)12-6-8-17(3)16-23/h7,9-11,13,17H,4-6,8,12,14-16H2,1-3H3,(H,25,26)/t17-,23+/m1/s1. The predicted octanol–water partition coefficient (Wildman–Crippen LogP) is 5.34. The van der Waals surface area contributed by atoms with Crippen LogP contribution in [0, 0.1) is 5.92 Å². The van der Waals surface area contributed by atoms with E-state index in [0.29, 0.717) is 19.1 Å². The molecule has 1 aromatic carbocycles. The van der Waals surface area contributed by atoms with Gasteiger partial charge in [0.15, 0.2) is 0 Å². The van der Waals surface area contributed by atoms with Crippen molar-refractivity contribution in [2.45, 2.75) is 64.9 Å². The molecule has 2 aromatic rings. The first kappa shape index (κ1) is 20.6. The third kappa shape index (κ3) is 4.46. The number of aromatic nitrogens is 1. The Kier molecular flexibility index (Phi) is 6.89. The first-order chi connectivity index (χ1) is 13.6. The van der Waals surface area contributed by atoms with E-state index in [9.17, 15) is 4.79 Å². The van der Waals surface area contributed by atoms with E-state index in [4.69, 9.17) is 9.47 Å². The molecule has 1 aliphatic rings. The van der Waals surface area contributed by atoms with Crippen molar-refractivity contribution in [3.63, 3.8) is 0 Å². The average molecular weight is 385 g/mol. The Hall–Kier alpha value is -2.14. The fourth-order valence-electron chi connectivity index (χ4n) is 4.02. The van der Waals surface area contributed by atoms with E-state index in [1.165, 1.54) is 0 Å². The lowest BCUT2D eigenvalue weighted by molar-refractivity contribution is -0.148. The molecule has 0 aliphatic heterocycles.